The highest BCUT2D eigenvalue weighted by Crippen LogP contribution is 2.24. The fourth-order valence-electron chi connectivity index (χ4n) is 2.53. The van der Waals surface area contributed by atoms with E-state index in [1.54, 1.807) is 17.9 Å². The summed E-state index contributed by atoms with van der Waals surface area (Å²) < 4.78 is 14.4. The molecule has 0 bridgehead atoms. The predicted octanol–water partition coefficient (Wildman–Crippen LogP) is 2.96. The minimum Gasteiger partial charge on any atom is -0.391 e. The third kappa shape index (κ3) is 3.15. The van der Waals surface area contributed by atoms with E-state index in [-0.39, 0.29) is 17.5 Å². The maximum absolute atomic E-state index is 13.8. The van der Waals surface area contributed by atoms with Crippen LogP contribution in [0, 0.1) is 5.82 Å². The Balaban J connectivity index is 2.26. The zero-order chi connectivity index (χ0) is 14.0. The van der Waals surface area contributed by atoms with E-state index in [1.807, 2.05) is 0 Å². The molecule has 1 aliphatic heterocycles. The summed E-state index contributed by atoms with van der Waals surface area (Å²) in [4.78, 5) is 14.0. The summed E-state index contributed by atoms with van der Waals surface area (Å²) in [5.41, 5.74) is 0.0655. The van der Waals surface area contributed by atoms with E-state index in [9.17, 15) is 14.3 Å². The smallest absolute Gasteiger partial charge is 0.257 e. The van der Waals surface area contributed by atoms with Crippen LogP contribution in [0.3, 0.4) is 0 Å². The van der Waals surface area contributed by atoms with Crippen LogP contribution in [-0.2, 0) is 0 Å². The van der Waals surface area contributed by atoms with Crippen LogP contribution in [-0.4, -0.2) is 34.6 Å². The molecule has 1 saturated heterocycles. The molecule has 3 nitrogen and oxygen atoms in total. The van der Waals surface area contributed by atoms with Crippen LogP contribution in [0.15, 0.2) is 22.7 Å². The van der Waals surface area contributed by atoms with Crippen molar-refractivity contribution < 1.29 is 14.3 Å². The van der Waals surface area contributed by atoms with Crippen LogP contribution >= 0.6 is 15.9 Å². The Bertz CT molecular complexity index is 479. The van der Waals surface area contributed by atoms with E-state index in [2.05, 4.69) is 15.9 Å². The zero-order valence-electron chi connectivity index (χ0n) is 10.8. The van der Waals surface area contributed by atoms with Gasteiger partial charge in [-0.1, -0.05) is 15.9 Å². The lowest BCUT2D eigenvalue weighted by Gasteiger charge is -2.37. The number of aliphatic hydroxyl groups excluding tert-OH is 1. The van der Waals surface area contributed by atoms with Crippen molar-refractivity contribution in [2.24, 2.45) is 0 Å². The molecule has 0 radical (unpaired) electrons. The topological polar surface area (TPSA) is 40.5 Å². The first-order valence-corrected chi connectivity index (χ1v) is 7.24. The van der Waals surface area contributed by atoms with Gasteiger partial charge in [0.25, 0.3) is 5.91 Å². The molecule has 2 unspecified atom stereocenters. The third-order valence-corrected chi connectivity index (χ3v) is 4.02. The molecule has 1 heterocycles. The van der Waals surface area contributed by atoms with Crippen molar-refractivity contribution >= 4 is 21.8 Å². The van der Waals surface area contributed by atoms with Crippen LogP contribution in [0.1, 0.15) is 36.5 Å². The molecule has 1 aliphatic rings. The third-order valence-electron chi connectivity index (χ3n) is 3.53. The molecule has 19 heavy (non-hydrogen) atoms. The van der Waals surface area contributed by atoms with Crippen LogP contribution < -0.4 is 0 Å². The Labute approximate surface area is 120 Å². The molecule has 1 amide bonds. The number of rotatable bonds is 2. The normalized spacial score (nSPS) is 21.3. The summed E-state index contributed by atoms with van der Waals surface area (Å²) in [6.45, 7) is 2.25. The largest absolute Gasteiger partial charge is 0.391 e. The molecule has 0 spiro atoms. The summed E-state index contributed by atoms with van der Waals surface area (Å²) in [6.07, 6.45) is 2.05. The zero-order valence-corrected chi connectivity index (χ0v) is 12.4. The number of aliphatic hydroxyl groups is 1. The SMILES string of the molecule is CC(O)C1CCCCN1C(=O)c1ccc(Br)cc1F. The maximum atomic E-state index is 13.8. The molecule has 2 atom stereocenters. The standard InChI is InChI=1S/C14H17BrFNO2/c1-9(18)13-4-2-3-7-17(13)14(19)11-6-5-10(15)8-12(11)16/h5-6,8-9,13,18H,2-4,7H2,1H3. The molecule has 5 heteroatoms. The number of nitrogens with zero attached hydrogens (tertiary/aromatic N) is 1. The molecule has 1 aromatic carbocycles. The summed E-state index contributed by atoms with van der Waals surface area (Å²) in [7, 11) is 0. The first-order valence-electron chi connectivity index (χ1n) is 6.45. The molecule has 0 saturated carbocycles. The van der Waals surface area contributed by atoms with Gasteiger partial charge in [-0.15, -0.1) is 0 Å². The highest BCUT2D eigenvalue weighted by molar-refractivity contribution is 9.10. The Morgan fingerprint density at radius 2 is 2.26 bits per heavy atom. The van der Waals surface area contributed by atoms with Gasteiger partial charge in [0.15, 0.2) is 0 Å². The van der Waals surface area contributed by atoms with Gasteiger partial charge in [-0.05, 0) is 44.4 Å². The van der Waals surface area contributed by atoms with Crippen LogP contribution in [0.5, 0.6) is 0 Å². The van der Waals surface area contributed by atoms with Gasteiger partial charge in [-0.25, -0.2) is 4.39 Å². The van der Waals surface area contributed by atoms with Gasteiger partial charge < -0.3 is 10.0 Å². The summed E-state index contributed by atoms with van der Waals surface area (Å²) in [6, 6.07) is 4.20. The lowest BCUT2D eigenvalue weighted by molar-refractivity contribution is 0.0277. The van der Waals surface area contributed by atoms with Gasteiger partial charge in [0.1, 0.15) is 5.82 Å². The van der Waals surface area contributed by atoms with Crippen LogP contribution in [0.4, 0.5) is 4.39 Å². The number of hydrogen-bond acceptors (Lipinski definition) is 2. The van der Waals surface area contributed by atoms with Gasteiger partial charge in [0, 0.05) is 11.0 Å². The molecule has 2 rings (SSSR count). The molecular formula is C14H17BrFNO2. The Hall–Kier alpha value is -0.940. The van der Waals surface area contributed by atoms with Gasteiger partial charge >= 0.3 is 0 Å². The number of carbonyl (C=O) groups excluding carboxylic acids is 1. The average molecular weight is 330 g/mol. The lowest BCUT2D eigenvalue weighted by Crippen LogP contribution is -2.49. The van der Waals surface area contributed by atoms with E-state index in [0.29, 0.717) is 11.0 Å². The summed E-state index contributed by atoms with van der Waals surface area (Å²) >= 11 is 3.17. The quantitative estimate of drug-likeness (QED) is 0.906. The predicted molar refractivity (Wildman–Crippen MR) is 74.5 cm³/mol. The van der Waals surface area contributed by atoms with E-state index >= 15 is 0 Å². The van der Waals surface area contributed by atoms with Crippen molar-refractivity contribution in [2.45, 2.75) is 38.3 Å². The number of benzene rings is 1. The fourth-order valence-corrected chi connectivity index (χ4v) is 2.86. The Morgan fingerprint density at radius 3 is 2.89 bits per heavy atom. The molecule has 0 aliphatic carbocycles. The minimum absolute atomic E-state index is 0.0655. The van der Waals surface area contributed by atoms with Gasteiger partial charge in [0.05, 0.1) is 17.7 Å². The highest BCUT2D eigenvalue weighted by atomic mass is 79.9. The van der Waals surface area contributed by atoms with Gasteiger partial charge in [0.2, 0.25) is 0 Å². The summed E-state index contributed by atoms with van der Waals surface area (Å²) in [5.74, 6) is -0.870. The number of carbonyl (C=O) groups is 1. The molecular weight excluding hydrogens is 313 g/mol. The van der Waals surface area contributed by atoms with E-state index < -0.39 is 11.9 Å². The van der Waals surface area contributed by atoms with Gasteiger partial charge in [-0.2, -0.15) is 0 Å². The van der Waals surface area contributed by atoms with Crippen LogP contribution in [0.2, 0.25) is 0 Å². The van der Waals surface area contributed by atoms with Crippen LogP contribution in [0.25, 0.3) is 0 Å². The second-order valence-electron chi connectivity index (χ2n) is 4.93. The van der Waals surface area contributed by atoms with E-state index in [0.717, 1.165) is 19.3 Å². The number of amides is 1. The second kappa shape index (κ2) is 6.01. The van der Waals surface area contributed by atoms with Crippen molar-refractivity contribution in [3.05, 3.63) is 34.1 Å². The molecule has 104 valence electrons. The Morgan fingerprint density at radius 1 is 1.53 bits per heavy atom. The monoisotopic (exact) mass is 329 g/mol. The molecule has 0 aromatic heterocycles. The molecule has 1 N–H and O–H groups in total. The summed E-state index contributed by atoms with van der Waals surface area (Å²) in [5, 5.41) is 9.76. The van der Waals surface area contributed by atoms with Crippen molar-refractivity contribution in [3.8, 4) is 0 Å². The average Bonchev–Trinajstić information content (AvgIpc) is 2.38. The number of likely N-dealkylation sites (tertiary alicyclic amines) is 1. The lowest BCUT2D eigenvalue weighted by atomic mass is 9.97. The molecule has 1 aromatic rings. The first-order chi connectivity index (χ1) is 9.00. The second-order valence-corrected chi connectivity index (χ2v) is 5.84. The molecule has 1 fully saturated rings. The maximum Gasteiger partial charge on any atom is 0.257 e. The van der Waals surface area contributed by atoms with Crippen molar-refractivity contribution in [1.82, 2.24) is 4.90 Å². The fraction of sp³-hybridized carbons (Fsp3) is 0.500. The van der Waals surface area contributed by atoms with E-state index in [4.69, 9.17) is 0 Å². The number of hydrogen-bond donors (Lipinski definition) is 1. The number of halogens is 2. The first kappa shape index (κ1) is 14.5. The van der Waals surface area contributed by atoms with Crippen molar-refractivity contribution in [3.63, 3.8) is 0 Å². The highest BCUT2D eigenvalue weighted by Gasteiger charge is 2.31. The number of piperidine rings is 1. The van der Waals surface area contributed by atoms with Crippen molar-refractivity contribution in [1.29, 1.82) is 0 Å². The van der Waals surface area contributed by atoms with E-state index in [1.165, 1.54) is 12.1 Å². The Kier molecular flexibility index (Phi) is 4.58. The minimum atomic E-state index is -0.595. The van der Waals surface area contributed by atoms with Crippen molar-refractivity contribution in [2.75, 3.05) is 6.54 Å². The van der Waals surface area contributed by atoms with Gasteiger partial charge in [-0.3, -0.25) is 4.79 Å².